The van der Waals surface area contributed by atoms with E-state index in [1.54, 1.807) is 0 Å². The SMILES string of the molecule is CS(=O)(=O)OC[C@@H]1OC(O)[C@@H](OCc2ccccc2)[C@@H](OCc2ccccc2)C1OCc1ccccc1. The van der Waals surface area contributed by atoms with Gasteiger partial charge >= 0.3 is 0 Å². The Labute approximate surface area is 217 Å². The number of aliphatic hydroxyl groups is 1. The summed E-state index contributed by atoms with van der Waals surface area (Å²) in [5.74, 6) is 0. The van der Waals surface area contributed by atoms with Crippen molar-refractivity contribution >= 4 is 10.1 Å². The average Bonchev–Trinajstić information content (AvgIpc) is 2.90. The van der Waals surface area contributed by atoms with Crippen LogP contribution in [0.2, 0.25) is 0 Å². The summed E-state index contributed by atoms with van der Waals surface area (Å²) in [5.41, 5.74) is 2.76. The van der Waals surface area contributed by atoms with Crippen molar-refractivity contribution in [2.45, 2.75) is 50.5 Å². The van der Waals surface area contributed by atoms with Crippen molar-refractivity contribution in [2.75, 3.05) is 12.9 Å². The van der Waals surface area contributed by atoms with Crippen molar-refractivity contribution in [3.05, 3.63) is 108 Å². The predicted molar refractivity (Wildman–Crippen MR) is 137 cm³/mol. The van der Waals surface area contributed by atoms with Crippen LogP contribution in [0.3, 0.4) is 0 Å². The number of benzene rings is 3. The number of hydrogen-bond acceptors (Lipinski definition) is 8. The van der Waals surface area contributed by atoms with Gasteiger partial charge in [0.2, 0.25) is 0 Å². The molecular formula is C28H32O8S. The third-order valence-electron chi connectivity index (χ3n) is 5.91. The molecule has 3 aromatic carbocycles. The minimum Gasteiger partial charge on any atom is -0.368 e. The van der Waals surface area contributed by atoms with Crippen LogP contribution in [-0.2, 0) is 53.1 Å². The number of aliphatic hydroxyl groups excluding tert-OH is 1. The summed E-state index contributed by atoms with van der Waals surface area (Å²) >= 11 is 0. The highest BCUT2D eigenvalue weighted by atomic mass is 32.2. The van der Waals surface area contributed by atoms with Crippen LogP contribution in [0.15, 0.2) is 91.0 Å². The van der Waals surface area contributed by atoms with Gasteiger partial charge in [-0.2, -0.15) is 8.42 Å². The Bertz CT molecular complexity index is 1170. The zero-order valence-electron chi connectivity index (χ0n) is 20.6. The highest BCUT2D eigenvalue weighted by Gasteiger charge is 2.48. The molecule has 0 saturated carbocycles. The molecule has 1 heterocycles. The summed E-state index contributed by atoms with van der Waals surface area (Å²) in [7, 11) is -3.75. The summed E-state index contributed by atoms with van der Waals surface area (Å²) in [6.45, 7) is 0.324. The molecule has 2 unspecified atom stereocenters. The van der Waals surface area contributed by atoms with E-state index in [-0.39, 0.29) is 26.4 Å². The Kier molecular flexibility index (Phi) is 9.81. The van der Waals surface area contributed by atoms with Crippen molar-refractivity contribution < 1.29 is 36.7 Å². The molecule has 5 atom stereocenters. The minimum atomic E-state index is -3.75. The van der Waals surface area contributed by atoms with Gasteiger partial charge in [0.15, 0.2) is 6.29 Å². The smallest absolute Gasteiger partial charge is 0.264 e. The molecule has 8 nitrogen and oxygen atoms in total. The van der Waals surface area contributed by atoms with Gasteiger partial charge < -0.3 is 24.1 Å². The van der Waals surface area contributed by atoms with E-state index < -0.39 is 40.8 Å². The fourth-order valence-electron chi connectivity index (χ4n) is 4.09. The van der Waals surface area contributed by atoms with Crippen LogP contribution in [0.4, 0.5) is 0 Å². The van der Waals surface area contributed by atoms with Crippen LogP contribution in [0.5, 0.6) is 0 Å². The Hall–Kier alpha value is -2.63. The fraction of sp³-hybridized carbons (Fsp3) is 0.357. The van der Waals surface area contributed by atoms with E-state index in [1.165, 1.54) is 0 Å². The Morgan fingerprint density at radius 3 is 1.51 bits per heavy atom. The van der Waals surface area contributed by atoms with E-state index in [2.05, 4.69) is 0 Å². The third-order valence-corrected chi connectivity index (χ3v) is 6.48. The Morgan fingerprint density at radius 1 is 0.676 bits per heavy atom. The lowest BCUT2D eigenvalue weighted by Gasteiger charge is -2.44. The van der Waals surface area contributed by atoms with Crippen LogP contribution >= 0.6 is 0 Å². The lowest BCUT2D eigenvalue weighted by atomic mass is 9.98. The molecule has 3 aromatic rings. The van der Waals surface area contributed by atoms with Crippen molar-refractivity contribution in [3.63, 3.8) is 0 Å². The molecule has 1 saturated heterocycles. The fourth-order valence-corrected chi connectivity index (χ4v) is 4.47. The second kappa shape index (κ2) is 13.3. The van der Waals surface area contributed by atoms with E-state index in [4.69, 9.17) is 23.1 Å². The molecule has 1 aliphatic rings. The van der Waals surface area contributed by atoms with Gasteiger partial charge in [0, 0.05) is 0 Å². The van der Waals surface area contributed by atoms with E-state index in [0.29, 0.717) is 0 Å². The first kappa shape index (κ1) is 27.4. The third kappa shape index (κ3) is 8.44. The summed E-state index contributed by atoms with van der Waals surface area (Å²) in [6.07, 6.45) is -3.85. The van der Waals surface area contributed by atoms with Crippen LogP contribution in [0.1, 0.15) is 16.7 Å². The van der Waals surface area contributed by atoms with E-state index in [0.717, 1.165) is 22.9 Å². The first-order valence-corrected chi connectivity index (χ1v) is 13.9. The lowest BCUT2D eigenvalue weighted by molar-refractivity contribution is -0.314. The molecule has 0 radical (unpaired) electrons. The molecule has 9 heteroatoms. The summed E-state index contributed by atoms with van der Waals surface area (Å²) in [4.78, 5) is 0. The van der Waals surface area contributed by atoms with Gasteiger partial charge in [0.25, 0.3) is 10.1 Å². The van der Waals surface area contributed by atoms with Crippen molar-refractivity contribution in [2.24, 2.45) is 0 Å². The largest absolute Gasteiger partial charge is 0.368 e. The van der Waals surface area contributed by atoms with Crippen molar-refractivity contribution in [1.82, 2.24) is 0 Å². The standard InChI is InChI=1S/C28H32O8S/c1-37(30,31)35-20-24-25(32-17-21-11-5-2-6-12-21)26(33-18-22-13-7-3-8-14-22)27(28(29)36-24)34-19-23-15-9-4-10-16-23/h2-16,24-29H,17-20H2,1H3/t24-,25?,26-,27-,28?/m0/s1. The van der Waals surface area contributed by atoms with E-state index in [1.807, 2.05) is 91.0 Å². The molecule has 0 aliphatic carbocycles. The molecule has 0 spiro atoms. The first-order chi connectivity index (χ1) is 17.9. The normalized spacial score (nSPS) is 24.1. The van der Waals surface area contributed by atoms with Gasteiger partial charge in [0.05, 0.1) is 32.7 Å². The molecule has 1 N–H and O–H groups in total. The lowest BCUT2D eigenvalue weighted by Crippen LogP contribution is -2.61. The second-order valence-electron chi connectivity index (χ2n) is 8.84. The molecule has 1 aliphatic heterocycles. The number of hydrogen-bond donors (Lipinski definition) is 1. The van der Waals surface area contributed by atoms with Gasteiger partial charge in [-0.05, 0) is 16.7 Å². The molecule has 0 amide bonds. The highest BCUT2D eigenvalue weighted by Crippen LogP contribution is 2.30. The summed E-state index contributed by atoms with van der Waals surface area (Å²) in [5, 5.41) is 10.9. The molecule has 37 heavy (non-hydrogen) atoms. The summed E-state index contributed by atoms with van der Waals surface area (Å²) < 4.78 is 53.0. The monoisotopic (exact) mass is 528 g/mol. The topological polar surface area (TPSA) is 101 Å². The maximum atomic E-state index is 11.7. The summed E-state index contributed by atoms with van der Waals surface area (Å²) in [6, 6.07) is 28.7. The molecule has 198 valence electrons. The first-order valence-electron chi connectivity index (χ1n) is 12.0. The quantitative estimate of drug-likeness (QED) is 0.357. The van der Waals surface area contributed by atoms with Gasteiger partial charge in [-0.1, -0.05) is 91.0 Å². The van der Waals surface area contributed by atoms with Gasteiger partial charge in [-0.15, -0.1) is 0 Å². The number of ether oxygens (including phenoxy) is 4. The van der Waals surface area contributed by atoms with Gasteiger partial charge in [-0.3, -0.25) is 4.18 Å². The molecule has 0 bridgehead atoms. The average molecular weight is 529 g/mol. The zero-order valence-corrected chi connectivity index (χ0v) is 21.4. The predicted octanol–water partition coefficient (Wildman–Crippen LogP) is 3.44. The van der Waals surface area contributed by atoms with Gasteiger partial charge in [-0.25, -0.2) is 0 Å². The van der Waals surface area contributed by atoms with Crippen LogP contribution in [-0.4, -0.2) is 57.1 Å². The Morgan fingerprint density at radius 2 is 1.08 bits per heavy atom. The maximum absolute atomic E-state index is 11.7. The van der Waals surface area contributed by atoms with Gasteiger partial charge in [0.1, 0.15) is 24.4 Å². The highest BCUT2D eigenvalue weighted by molar-refractivity contribution is 7.85. The van der Waals surface area contributed by atoms with Crippen LogP contribution in [0.25, 0.3) is 0 Å². The van der Waals surface area contributed by atoms with Crippen molar-refractivity contribution in [3.8, 4) is 0 Å². The zero-order chi connectivity index (χ0) is 26.1. The molecular weight excluding hydrogens is 496 g/mol. The number of rotatable bonds is 12. The van der Waals surface area contributed by atoms with Crippen LogP contribution in [0, 0.1) is 0 Å². The Balaban J connectivity index is 1.58. The maximum Gasteiger partial charge on any atom is 0.264 e. The van der Waals surface area contributed by atoms with E-state index in [9.17, 15) is 13.5 Å². The second-order valence-corrected chi connectivity index (χ2v) is 10.5. The molecule has 4 rings (SSSR count). The van der Waals surface area contributed by atoms with E-state index >= 15 is 0 Å². The minimum absolute atomic E-state index is 0.215. The molecule has 0 aromatic heterocycles. The van der Waals surface area contributed by atoms with Crippen LogP contribution < -0.4 is 0 Å². The molecule has 1 fully saturated rings. The van der Waals surface area contributed by atoms with Crippen molar-refractivity contribution in [1.29, 1.82) is 0 Å².